The van der Waals surface area contributed by atoms with Crippen LogP contribution in [0.5, 0.6) is 5.75 Å². The van der Waals surface area contributed by atoms with E-state index in [1.165, 1.54) is 12.1 Å². The fourth-order valence-corrected chi connectivity index (χ4v) is 2.11. The average molecular weight is 324 g/mol. The van der Waals surface area contributed by atoms with Gasteiger partial charge >= 0.3 is 0 Å². The summed E-state index contributed by atoms with van der Waals surface area (Å²) in [5.74, 6) is 0.114. The summed E-state index contributed by atoms with van der Waals surface area (Å²) in [6, 6.07) is 11.7. The van der Waals surface area contributed by atoms with Crippen molar-refractivity contribution in [2.45, 2.75) is 26.2 Å². The molecule has 0 atom stereocenters. The second-order valence-corrected chi connectivity index (χ2v) is 6.44. The molecule has 5 nitrogen and oxygen atoms in total. The zero-order chi connectivity index (χ0) is 17.7. The lowest BCUT2D eigenvalue weighted by Crippen LogP contribution is -2.10. The summed E-state index contributed by atoms with van der Waals surface area (Å²) in [6.45, 7) is 6.28. The number of phenolic OH excluding ortho intramolecular Hbond substituents is 1. The maximum Gasteiger partial charge on any atom is 0.270 e. The van der Waals surface area contributed by atoms with Gasteiger partial charge in [-0.2, -0.15) is 0 Å². The third-order valence-corrected chi connectivity index (χ3v) is 3.51. The number of rotatable bonds is 4. The quantitative estimate of drug-likeness (QED) is 0.488. The normalized spacial score (nSPS) is 12.1. The fraction of sp³-hybridized carbons (Fsp3) is 0.211. The average Bonchev–Trinajstić information content (AvgIpc) is 2.52. The molecule has 0 aromatic heterocycles. The smallest absolute Gasteiger partial charge is 0.270 e. The molecule has 0 amide bonds. The minimum atomic E-state index is -0.429. The molecule has 0 bridgehead atoms. The van der Waals surface area contributed by atoms with Gasteiger partial charge in [0.25, 0.3) is 5.69 Å². The first-order valence-corrected chi connectivity index (χ1v) is 7.56. The van der Waals surface area contributed by atoms with Gasteiger partial charge in [0.1, 0.15) is 11.4 Å². The van der Waals surface area contributed by atoms with E-state index in [9.17, 15) is 15.2 Å². The Kier molecular flexibility index (Phi) is 5.14. The largest absolute Gasteiger partial charge is 0.506 e. The molecular formula is C19H20N2O3. The molecular weight excluding hydrogens is 304 g/mol. The Morgan fingerprint density at radius 2 is 1.92 bits per heavy atom. The van der Waals surface area contributed by atoms with Gasteiger partial charge in [-0.3, -0.25) is 15.1 Å². The van der Waals surface area contributed by atoms with Crippen LogP contribution < -0.4 is 0 Å². The lowest BCUT2D eigenvalue weighted by atomic mass is 9.87. The van der Waals surface area contributed by atoms with E-state index in [-0.39, 0.29) is 16.9 Å². The van der Waals surface area contributed by atoms with Crippen molar-refractivity contribution in [1.29, 1.82) is 0 Å². The van der Waals surface area contributed by atoms with Gasteiger partial charge in [-0.25, -0.2) is 0 Å². The number of non-ortho nitro benzene ring substituents is 1. The van der Waals surface area contributed by atoms with Gasteiger partial charge in [-0.15, -0.1) is 0 Å². The van der Waals surface area contributed by atoms with Crippen LogP contribution in [0.3, 0.4) is 0 Å². The topological polar surface area (TPSA) is 75.7 Å². The molecule has 0 aliphatic rings. The van der Waals surface area contributed by atoms with E-state index in [1.54, 1.807) is 36.6 Å². The van der Waals surface area contributed by atoms with Gasteiger partial charge in [0, 0.05) is 18.3 Å². The summed E-state index contributed by atoms with van der Waals surface area (Å²) in [5.41, 5.74) is 2.30. The summed E-state index contributed by atoms with van der Waals surface area (Å²) in [5, 5.41) is 20.6. The Hall–Kier alpha value is -2.95. The van der Waals surface area contributed by atoms with Gasteiger partial charge < -0.3 is 5.11 Å². The van der Waals surface area contributed by atoms with Gasteiger partial charge in [-0.1, -0.05) is 45.0 Å². The van der Waals surface area contributed by atoms with Crippen LogP contribution in [0.4, 0.5) is 11.4 Å². The van der Waals surface area contributed by atoms with Crippen LogP contribution in [0, 0.1) is 10.1 Å². The first-order chi connectivity index (χ1) is 11.3. The molecule has 0 heterocycles. The molecule has 124 valence electrons. The molecule has 1 N–H and O–H groups in total. The molecule has 0 saturated heterocycles. The SMILES string of the molecule is CC(C)(C)c1ccc(O)c(/N=C/C=C/c2cccc([N+](=O)[O-])c2)c1. The molecule has 2 aromatic carbocycles. The number of benzene rings is 2. The highest BCUT2D eigenvalue weighted by Gasteiger charge is 2.14. The molecule has 0 spiro atoms. The van der Waals surface area contributed by atoms with Crippen LogP contribution in [0.2, 0.25) is 0 Å². The third-order valence-electron chi connectivity index (χ3n) is 3.51. The minimum absolute atomic E-state index is 0.0310. The van der Waals surface area contributed by atoms with Crippen molar-refractivity contribution in [2.24, 2.45) is 4.99 Å². The summed E-state index contributed by atoms with van der Waals surface area (Å²) >= 11 is 0. The van der Waals surface area contributed by atoms with E-state index < -0.39 is 4.92 Å². The third kappa shape index (κ3) is 4.52. The van der Waals surface area contributed by atoms with Gasteiger partial charge in [-0.05, 0) is 34.8 Å². The Labute approximate surface area is 141 Å². The number of hydrogen-bond donors (Lipinski definition) is 1. The van der Waals surface area contributed by atoms with Crippen LogP contribution in [0.1, 0.15) is 31.9 Å². The molecule has 0 unspecified atom stereocenters. The Bertz CT molecular complexity index is 802. The van der Waals surface area contributed by atoms with Crippen molar-refractivity contribution in [3.63, 3.8) is 0 Å². The van der Waals surface area contributed by atoms with Crippen LogP contribution in [0.25, 0.3) is 6.08 Å². The van der Waals surface area contributed by atoms with E-state index >= 15 is 0 Å². The predicted octanol–water partition coefficient (Wildman–Crippen LogP) is 5.01. The number of phenols is 1. The van der Waals surface area contributed by atoms with Crippen molar-refractivity contribution in [3.05, 3.63) is 69.8 Å². The number of hydrogen-bond acceptors (Lipinski definition) is 4. The predicted molar refractivity (Wildman–Crippen MR) is 97.1 cm³/mol. The standard InChI is InChI=1S/C19H20N2O3/c1-19(2,3)15-9-10-18(22)17(13-15)20-11-5-7-14-6-4-8-16(12-14)21(23)24/h4-13,22H,1-3H3/b7-5+,20-11+. The van der Waals surface area contributed by atoms with Gasteiger partial charge in [0.05, 0.1) is 4.92 Å². The van der Waals surface area contributed by atoms with E-state index in [1.807, 2.05) is 12.1 Å². The zero-order valence-corrected chi connectivity index (χ0v) is 13.9. The van der Waals surface area contributed by atoms with Crippen LogP contribution in [0.15, 0.2) is 53.5 Å². The Morgan fingerprint density at radius 3 is 2.58 bits per heavy atom. The zero-order valence-electron chi connectivity index (χ0n) is 13.9. The molecule has 0 aliphatic heterocycles. The van der Waals surface area contributed by atoms with Crippen molar-refractivity contribution < 1.29 is 10.0 Å². The summed E-state index contributed by atoms with van der Waals surface area (Å²) in [7, 11) is 0. The highest BCUT2D eigenvalue weighted by atomic mass is 16.6. The maximum absolute atomic E-state index is 10.7. The number of nitro groups is 1. The van der Waals surface area contributed by atoms with Crippen LogP contribution in [-0.2, 0) is 5.41 Å². The number of nitro benzene ring substituents is 1. The molecule has 0 aliphatic carbocycles. The number of nitrogens with zero attached hydrogens (tertiary/aromatic N) is 2. The number of aromatic hydroxyl groups is 1. The molecule has 24 heavy (non-hydrogen) atoms. The molecule has 0 saturated carbocycles. The van der Waals surface area contributed by atoms with Crippen LogP contribution in [-0.4, -0.2) is 16.2 Å². The van der Waals surface area contributed by atoms with E-state index in [2.05, 4.69) is 25.8 Å². The number of aliphatic imine (C=N–C) groups is 1. The van der Waals surface area contributed by atoms with E-state index in [4.69, 9.17) is 0 Å². The summed E-state index contributed by atoms with van der Waals surface area (Å²) < 4.78 is 0. The molecule has 0 fully saturated rings. The first-order valence-electron chi connectivity index (χ1n) is 7.56. The van der Waals surface area contributed by atoms with Crippen molar-refractivity contribution in [3.8, 4) is 5.75 Å². The molecule has 2 rings (SSSR count). The second kappa shape index (κ2) is 7.08. The van der Waals surface area contributed by atoms with Crippen molar-refractivity contribution in [1.82, 2.24) is 0 Å². The molecule has 2 aromatic rings. The Morgan fingerprint density at radius 1 is 1.17 bits per heavy atom. The van der Waals surface area contributed by atoms with Crippen molar-refractivity contribution >= 4 is 23.7 Å². The van der Waals surface area contributed by atoms with Crippen molar-refractivity contribution in [2.75, 3.05) is 0 Å². The highest BCUT2D eigenvalue weighted by Crippen LogP contribution is 2.32. The van der Waals surface area contributed by atoms with E-state index in [0.29, 0.717) is 11.3 Å². The first kappa shape index (κ1) is 17.4. The lowest BCUT2D eigenvalue weighted by molar-refractivity contribution is -0.384. The highest BCUT2D eigenvalue weighted by molar-refractivity contribution is 5.81. The molecule has 5 heteroatoms. The van der Waals surface area contributed by atoms with Gasteiger partial charge in [0.2, 0.25) is 0 Å². The Balaban J connectivity index is 2.17. The maximum atomic E-state index is 10.7. The summed E-state index contributed by atoms with van der Waals surface area (Å²) in [6.07, 6.45) is 4.96. The minimum Gasteiger partial charge on any atom is -0.506 e. The summed E-state index contributed by atoms with van der Waals surface area (Å²) in [4.78, 5) is 14.6. The number of allylic oxidation sites excluding steroid dienone is 1. The fourth-order valence-electron chi connectivity index (χ4n) is 2.11. The second-order valence-electron chi connectivity index (χ2n) is 6.44. The monoisotopic (exact) mass is 324 g/mol. The van der Waals surface area contributed by atoms with Crippen LogP contribution >= 0.6 is 0 Å². The lowest BCUT2D eigenvalue weighted by Gasteiger charge is -2.19. The van der Waals surface area contributed by atoms with E-state index in [0.717, 1.165) is 5.56 Å². The molecule has 0 radical (unpaired) electrons. The van der Waals surface area contributed by atoms with Gasteiger partial charge in [0.15, 0.2) is 0 Å².